The Kier molecular flexibility index (Phi) is 4.55. The monoisotopic (exact) mass is 327 g/mol. The van der Waals surface area contributed by atoms with Crippen LogP contribution in [0.2, 0.25) is 10.0 Å². The molecule has 0 atom stereocenters. The maximum Gasteiger partial charge on any atom is 0.313 e. The van der Waals surface area contributed by atoms with E-state index in [4.69, 9.17) is 28.5 Å². The number of aromatic amines is 2. The second-order valence-corrected chi connectivity index (χ2v) is 5.57. The highest BCUT2D eigenvalue weighted by atomic mass is 35.5. The Morgan fingerprint density at radius 1 is 1.20 bits per heavy atom. The number of aromatic nitrogens is 2. The van der Waals surface area contributed by atoms with Crippen molar-refractivity contribution in [2.45, 2.75) is 10.6 Å². The number of rotatable bonds is 3. The summed E-state index contributed by atoms with van der Waals surface area (Å²) in [6.45, 7) is 0. The first-order valence-corrected chi connectivity index (χ1v) is 7.08. The lowest BCUT2D eigenvalue weighted by molar-refractivity contribution is 1.01. The molecule has 102 valence electrons. The molecule has 2 rings (SSSR count). The summed E-state index contributed by atoms with van der Waals surface area (Å²) in [6.07, 6.45) is 1.42. The van der Waals surface area contributed by atoms with Gasteiger partial charge in [0.05, 0.1) is 21.7 Å². The van der Waals surface area contributed by atoms with Gasteiger partial charge in [-0.25, -0.2) is 0 Å². The van der Waals surface area contributed by atoms with Gasteiger partial charge in [-0.1, -0.05) is 23.2 Å². The standard InChI is InChI=1S/C12H7Cl2N3O2S/c13-8-1-6(3-15)2-9(14)10(8)20-5-7-4-16-11(18)12(19)17-7/h1-2,4H,5H2,(H,16,18)(H,17,19). The second-order valence-electron chi connectivity index (χ2n) is 3.77. The number of nitrogens with zero attached hydrogens (tertiary/aromatic N) is 1. The summed E-state index contributed by atoms with van der Waals surface area (Å²) in [4.78, 5) is 27.5. The van der Waals surface area contributed by atoms with Crippen molar-refractivity contribution in [2.75, 3.05) is 0 Å². The van der Waals surface area contributed by atoms with Crippen LogP contribution in [0.15, 0.2) is 32.8 Å². The van der Waals surface area contributed by atoms with Crippen molar-refractivity contribution in [1.82, 2.24) is 9.97 Å². The number of thioether (sulfide) groups is 1. The van der Waals surface area contributed by atoms with Crippen molar-refractivity contribution in [3.63, 3.8) is 0 Å². The van der Waals surface area contributed by atoms with E-state index in [1.807, 2.05) is 6.07 Å². The van der Waals surface area contributed by atoms with Crippen LogP contribution in [0.5, 0.6) is 0 Å². The van der Waals surface area contributed by atoms with Crippen LogP contribution in [-0.4, -0.2) is 9.97 Å². The summed E-state index contributed by atoms with van der Waals surface area (Å²) in [5, 5.41) is 9.53. The maximum absolute atomic E-state index is 11.2. The molecule has 1 heterocycles. The summed E-state index contributed by atoms with van der Waals surface area (Å²) >= 11 is 13.4. The predicted octanol–water partition coefficient (Wildman–Crippen LogP) is 2.53. The van der Waals surface area contributed by atoms with Crippen LogP contribution in [0.1, 0.15) is 11.3 Å². The Balaban J connectivity index is 2.23. The first-order valence-electron chi connectivity index (χ1n) is 5.34. The van der Waals surface area contributed by atoms with Crippen LogP contribution in [0.4, 0.5) is 0 Å². The highest BCUT2D eigenvalue weighted by Gasteiger charge is 2.10. The topological polar surface area (TPSA) is 89.5 Å². The molecule has 0 fully saturated rings. The van der Waals surface area contributed by atoms with Crippen molar-refractivity contribution in [1.29, 1.82) is 5.26 Å². The minimum Gasteiger partial charge on any atom is -0.323 e. The molecule has 0 spiro atoms. The molecule has 0 radical (unpaired) electrons. The van der Waals surface area contributed by atoms with Crippen molar-refractivity contribution in [3.05, 3.63) is 60.3 Å². The predicted molar refractivity (Wildman–Crippen MR) is 78.4 cm³/mol. The molecule has 20 heavy (non-hydrogen) atoms. The van der Waals surface area contributed by atoms with E-state index in [1.165, 1.54) is 30.1 Å². The van der Waals surface area contributed by atoms with Crippen molar-refractivity contribution < 1.29 is 0 Å². The molecular formula is C12H7Cl2N3O2S. The number of hydrogen-bond donors (Lipinski definition) is 2. The summed E-state index contributed by atoms with van der Waals surface area (Å²) < 4.78 is 0. The summed E-state index contributed by atoms with van der Waals surface area (Å²) in [7, 11) is 0. The number of nitrogens with one attached hydrogen (secondary N) is 2. The van der Waals surface area contributed by atoms with E-state index in [0.717, 1.165) is 0 Å². The minimum atomic E-state index is -0.708. The van der Waals surface area contributed by atoms with Gasteiger partial charge in [-0.15, -0.1) is 11.8 Å². The molecule has 0 amide bonds. The highest BCUT2D eigenvalue weighted by Crippen LogP contribution is 2.36. The van der Waals surface area contributed by atoms with Crippen molar-refractivity contribution >= 4 is 35.0 Å². The lowest BCUT2D eigenvalue weighted by Gasteiger charge is -2.07. The van der Waals surface area contributed by atoms with Gasteiger partial charge in [0, 0.05) is 22.5 Å². The molecule has 2 aromatic rings. The van der Waals surface area contributed by atoms with E-state index >= 15 is 0 Å². The van der Waals surface area contributed by atoms with Gasteiger partial charge in [-0.05, 0) is 12.1 Å². The fourth-order valence-corrected chi connectivity index (χ4v) is 3.11. The Hall–Kier alpha value is -1.68. The Bertz CT molecular complexity index is 784. The third-order valence-corrected chi connectivity index (χ3v) is 4.36. The van der Waals surface area contributed by atoms with Gasteiger partial charge in [0.25, 0.3) is 0 Å². The van der Waals surface area contributed by atoms with Crippen LogP contribution in [-0.2, 0) is 5.75 Å². The summed E-state index contributed by atoms with van der Waals surface area (Å²) in [5.41, 5.74) is -0.494. The van der Waals surface area contributed by atoms with E-state index in [0.29, 0.717) is 32.0 Å². The Labute approximate surface area is 127 Å². The van der Waals surface area contributed by atoms with Crippen LogP contribution >= 0.6 is 35.0 Å². The third kappa shape index (κ3) is 3.25. The van der Waals surface area contributed by atoms with E-state index in [1.54, 1.807) is 0 Å². The van der Waals surface area contributed by atoms with Crippen LogP contribution < -0.4 is 11.1 Å². The zero-order valence-electron chi connectivity index (χ0n) is 9.87. The van der Waals surface area contributed by atoms with E-state index in [2.05, 4.69) is 9.97 Å². The van der Waals surface area contributed by atoms with Crippen molar-refractivity contribution in [2.24, 2.45) is 0 Å². The lowest BCUT2D eigenvalue weighted by atomic mass is 10.2. The fourth-order valence-electron chi connectivity index (χ4n) is 1.45. The number of halogens is 2. The number of hydrogen-bond acceptors (Lipinski definition) is 4. The lowest BCUT2D eigenvalue weighted by Crippen LogP contribution is -2.29. The van der Waals surface area contributed by atoms with Crippen LogP contribution in [0.25, 0.3) is 0 Å². The second kappa shape index (κ2) is 6.18. The molecule has 8 heteroatoms. The molecule has 0 aliphatic rings. The smallest absolute Gasteiger partial charge is 0.313 e. The van der Waals surface area contributed by atoms with Gasteiger partial charge < -0.3 is 9.97 Å². The first kappa shape index (κ1) is 14.7. The number of nitriles is 1. The van der Waals surface area contributed by atoms with E-state index < -0.39 is 11.1 Å². The third-order valence-electron chi connectivity index (χ3n) is 2.36. The molecule has 0 saturated heterocycles. The molecule has 0 bridgehead atoms. The first-order chi connectivity index (χ1) is 9.51. The number of benzene rings is 1. The SMILES string of the molecule is N#Cc1cc(Cl)c(SCc2c[nH]c(=O)c(=O)[nH]2)c(Cl)c1. The highest BCUT2D eigenvalue weighted by molar-refractivity contribution is 7.98. The van der Waals surface area contributed by atoms with Gasteiger partial charge in [-0.2, -0.15) is 5.26 Å². The molecule has 0 saturated carbocycles. The van der Waals surface area contributed by atoms with Crippen LogP contribution in [0.3, 0.4) is 0 Å². The van der Waals surface area contributed by atoms with Gasteiger partial charge in [-0.3, -0.25) is 9.59 Å². The summed E-state index contributed by atoms with van der Waals surface area (Å²) in [5.74, 6) is 0.372. The van der Waals surface area contributed by atoms with Crippen LogP contribution in [0, 0.1) is 11.3 Å². The maximum atomic E-state index is 11.2. The Morgan fingerprint density at radius 3 is 2.40 bits per heavy atom. The van der Waals surface area contributed by atoms with Gasteiger partial charge in [0.1, 0.15) is 0 Å². The molecule has 1 aromatic carbocycles. The molecule has 5 nitrogen and oxygen atoms in total. The van der Waals surface area contributed by atoms with Gasteiger partial charge in [0.15, 0.2) is 0 Å². The van der Waals surface area contributed by atoms with Gasteiger partial charge >= 0.3 is 11.1 Å². The van der Waals surface area contributed by atoms with Gasteiger partial charge in [0.2, 0.25) is 0 Å². The van der Waals surface area contributed by atoms with Crippen molar-refractivity contribution in [3.8, 4) is 6.07 Å². The average Bonchev–Trinajstić information content (AvgIpc) is 2.41. The molecule has 1 aromatic heterocycles. The average molecular weight is 328 g/mol. The normalized spacial score (nSPS) is 10.2. The molecule has 0 aliphatic heterocycles. The summed E-state index contributed by atoms with van der Waals surface area (Å²) in [6, 6.07) is 5.00. The molecule has 0 unspecified atom stereocenters. The number of H-pyrrole nitrogens is 2. The quantitative estimate of drug-likeness (QED) is 0.669. The molecular weight excluding hydrogens is 321 g/mol. The largest absolute Gasteiger partial charge is 0.323 e. The van der Waals surface area contributed by atoms with E-state index in [9.17, 15) is 9.59 Å². The zero-order valence-corrected chi connectivity index (χ0v) is 12.2. The van der Waals surface area contributed by atoms with E-state index in [-0.39, 0.29) is 0 Å². The molecule has 2 N–H and O–H groups in total. The molecule has 0 aliphatic carbocycles. The zero-order chi connectivity index (χ0) is 14.7. The fraction of sp³-hybridized carbons (Fsp3) is 0.0833. The Morgan fingerprint density at radius 2 is 1.85 bits per heavy atom. The minimum absolute atomic E-state index is 0.367.